The minimum atomic E-state index is -0.0621. The summed E-state index contributed by atoms with van der Waals surface area (Å²) in [5, 5.41) is 0.716. The molecule has 0 radical (unpaired) electrons. The largest absolute Gasteiger partial charge is 0.368 e. The Hall–Kier alpha value is -1.75. The lowest BCUT2D eigenvalue weighted by Crippen LogP contribution is -2.49. The molecule has 1 heterocycles. The highest BCUT2D eigenvalue weighted by molar-refractivity contribution is 6.30. The van der Waals surface area contributed by atoms with Crippen LogP contribution in [0.1, 0.15) is 33.1 Å². The normalized spacial score (nSPS) is 14.5. The molecule has 6 heteroatoms. The lowest BCUT2D eigenvalue weighted by atomic mass is 10.2. The predicted molar refractivity (Wildman–Crippen MR) is 102 cm³/mol. The van der Waals surface area contributed by atoms with Gasteiger partial charge >= 0.3 is 0 Å². The number of anilines is 1. The first-order valence-corrected chi connectivity index (χ1v) is 9.49. The fraction of sp³-hybridized carbons (Fsp3) is 0.579. The molecule has 0 atom stereocenters. The number of piperazine rings is 1. The molecule has 25 heavy (non-hydrogen) atoms. The van der Waals surface area contributed by atoms with E-state index < -0.39 is 0 Å². The van der Waals surface area contributed by atoms with Gasteiger partial charge in [-0.15, -0.1) is 0 Å². The van der Waals surface area contributed by atoms with E-state index in [1.807, 2.05) is 38.1 Å². The van der Waals surface area contributed by atoms with Gasteiger partial charge in [-0.3, -0.25) is 9.59 Å². The Bertz CT molecular complexity index is 580. The molecule has 0 unspecified atom stereocenters. The van der Waals surface area contributed by atoms with Crippen molar-refractivity contribution >= 4 is 29.1 Å². The van der Waals surface area contributed by atoms with Gasteiger partial charge < -0.3 is 14.7 Å². The Labute approximate surface area is 155 Å². The average Bonchev–Trinajstić information content (AvgIpc) is 2.61. The number of benzene rings is 1. The lowest BCUT2D eigenvalue weighted by molar-refractivity contribution is -0.140. The summed E-state index contributed by atoms with van der Waals surface area (Å²) < 4.78 is 0. The second kappa shape index (κ2) is 9.66. The van der Waals surface area contributed by atoms with Crippen LogP contribution >= 0.6 is 11.6 Å². The summed E-state index contributed by atoms with van der Waals surface area (Å²) in [4.78, 5) is 30.6. The molecule has 0 N–H and O–H groups in total. The van der Waals surface area contributed by atoms with Gasteiger partial charge in [0.05, 0.1) is 0 Å². The number of hydrogen-bond acceptors (Lipinski definition) is 3. The van der Waals surface area contributed by atoms with Crippen molar-refractivity contribution in [3.05, 3.63) is 29.3 Å². The smallest absolute Gasteiger partial charge is 0.232 e. The summed E-state index contributed by atoms with van der Waals surface area (Å²) in [6, 6.07) is 7.76. The minimum Gasteiger partial charge on any atom is -0.368 e. The Kier molecular flexibility index (Phi) is 7.56. The van der Waals surface area contributed by atoms with Crippen LogP contribution in [0.3, 0.4) is 0 Å². The van der Waals surface area contributed by atoms with Crippen molar-refractivity contribution in [1.29, 1.82) is 0 Å². The Morgan fingerprint density at radius 2 is 1.72 bits per heavy atom. The highest BCUT2D eigenvalue weighted by Gasteiger charge is 2.24. The third-order valence-electron chi connectivity index (χ3n) is 4.45. The zero-order valence-electron chi connectivity index (χ0n) is 15.2. The summed E-state index contributed by atoms with van der Waals surface area (Å²) in [6.07, 6.45) is 1.81. The van der Waals surface area contributed by atoms with Crippen LogP contribution in [-0.2, 0) is 9.59 Å². The van der Waals surface area contributed by atoms with Crippen LogP contribution in [0.15, 0.2) is 24.3 Å². The Morgan fingerprint density at radius 1 is 1.08 bits per heavy atom. The molecule has 138 valence electrons. The summed E-state index contributed by atoms with van der Waals surface area (Å²) >= 11 is 6.05. The van der Waals surface area contributed by atoms with E-state index in [0.717, 1.165) is 44.7 Å². The fourth-order valence-corrected chi connectivity index (χ4v) is 3.33. The molecular formula is C19H28ClN3O2. The minimum absolute atomic E-state index is 0.0167. The molecular weight excluding hydrogens is 338 g/mol. The SMILES string of the molecule is CCCN(CCC)C(=O)CC(=O)N1CCN(c2cccc(Cl)c2)CC1. The molecule has 0 saturated carbocycles. The van der Waals surface area contributed by atoms with E-state index in [0.29, 0.717) is 18.1 Å². The molecule has 1 aromatic carbocycles. The molecule has 1 fully saturated rings. The van der Waals surface area contributed by atoms with Crippen LogP contribution in [0.5, 0.6) is 0 Å². The van der Waals surface area contributed by atoms with E-state index in [1.165, 1.54) is 0 Å². The molecule has 1 aliphatic heterocycles. The van der Waals surface area contributed by atoms with E-state index in [-0.39, 0.29) is 18.2 Å². The van der Waals surface area contributed by atoms with E-state index in [2.05, 4.69) is 4.90 Å². The van der Waals surface area contributed by atoms with E-state index in [1.54, 1.807) is 9.80 Å². The number of amides is 2. The van der Waals surface area contributed by atoms with E-state index in [9.17, 15) is 9.59 Å². The predicted octanol–water partition coefficient (Wildman–Crippen LogP) is 3.03. The van der Waals surface area contributed by atoms with Crippen molar-refractivity contribution in [3.8, 4) is 0 Å². The van der Waals surface area contributed by atoms with Gasteiger partial charge in [-0.25, -0.2) is 0 Å². The van der Waals surface area contributed by atoms with Gasteiger partial charge in [-0.1, -0.05) is 31.5 Å². The van der Waals surface area contributed by atoms with Gasteiger partial charge in [0.25, 0.3) is 0 Å². The van der Waals surface area contributed by atoms with E-state index >= 15 is 0 Å². The number of carbonyl (C=O) groups is 2. The molecule has 2 amide bonds. The van der Waals surface area contributed by atoms with E-state index in [4.69, 9.17) is 11.6 Å². The van der Waals surface area contributed by atoms with Crippen LogP contribution in [0.25, 0.3) is 0 Å². The average molecular weight is 366 g/mol. The van der Waals surface area contributed by atoms with Gasteiger partial charge in [0, 0.05) is 50.0 Å². The third kappa shape index (κ3) is 5.63. The quantitative estimate of drug-likeness (QED) is 0.697. The van der Waals surface area contributed by atoms with Crippen molar-refractivity contribution in [2.45, 2.75) is 33.1 Å². The number of halogens is 1. The molecule has 1 aromatic rings. The Morgan fingerprint density at radius 3 is 2.28 bits per heavy atom. The molecule has 5 nitrogen and oxygen atoms in total. The van der Waals surface area contributed by atoms with Crippen molar-refractivity contribution < 1.29 is 9.59 Å². The highest BCUT2D eigenvalue weighted by Crippen LogP contribution is 2.21. The summed E-state index contributed by atoms with van der Waals surface area (Å²) in [5.74, 6) is -0.112. The second-order valence-corrected chi connectivity index (χ2v) is 6.84. The van der Waals surface area contributed by atoms with Crippen LogP contribution in [-0.4, -0.2) is 60.9 Å². The first-order valence-electron chi connectivity index (χ1n) is 9.11. The Balaban J connectivity index is 1.85. The van der Waals surface area contributed by atoms with Crippen LogP contribution < -0.4 is 4.90 Å². The topological polar surface area (TPSA) is 43.9 Å². The van der Waals surface area contributed by atoms with Crippen LogP contribution in [0.4, 0.5) is 5.69 Å². The van der Waals surface area contributed by atoms with Crippen molar-refractivity contribution in [1.82, 2.24) is 9.80 Å². The maximum Gasteiger partial charge on any atom is 0.232 e. The molecule has 0 bridgehead atoms. The molecule has 0 spiro atoms. The standard InChI is InChI=1S/C19H28ClN3O2/c1-3-8-22(9-4-2)18(24)15-19(25)23-12-10-21(11-13-23)17-7-5-6-16(20)14-17/h5-7,14H,3-4,8-13,15H2,1-2H3. The number of carbonyl (C=O) groups excluding carboxylic acids is 2. The van der Waals surface area contributed by atoms with Crippen molar-refractivity contribution in [2.24, 2.45) is 0 Å². The monoisotopic (exact) mass is 365 g/mol. The molecule has 1 saturated heterocycles. The number of hydrogen-bond donors (Lipinski definition) is 0. The van der Waals surface area contributed by atoms with Crippen molar-refractivity contribution in [3.63, 3.8) is 0 Å². The molecule has 0 aromatic heterocycles. The van der Waals surface area contributed by atoms with Gasteiger partial charge in [-0.05, 0) is 31.0 Å². The maximum absolute atomic E-state index is 12.5. The van der Waals surface area contributed by atoms with Crippen LogP contribution in [0.2, 0.25) is 5.02 Å². The summed E-state index contributed by atoms with van der Waals surface area (Å²) in [7, 11) is 0. The fourth-order valence-electron chi connectivity index (χ4n) is 3.14. The zero-order valence-corrected chi connectivity index (χ0v) is 16.0. The first kappa shape index (κ1) is 19.6. The summed E-state index contributed by atoms with van der Waals surface area (Å²) in [6.45, 7) is 8.34. The number of rotatable bonds is 7. The third-order valence-corrected chi connectivity index (χ3v) is 4.68. The van der Waals surface area contributed by atoms with Crippen molar-refractivity contribution in [2.75, 3.05) is 44.2 Å². The maximum atomic E-state index is 12.5. The van der Waals surface area contributed by atoms with Gasteiger partial charge in [0.2, 0.25) is 11.8 Å². The molecule has 0 aliphatic carbocycles. The highest BCUT2D eigenvalue weighted by atomic mass is 35.5. The summed E-state index contributed by atoms with van der Waals surface area (Å²) in [5.41, 5.74) is 1.08. The van der Waals surface area contributed by atoms with Crippen LogP contribution in [0, 0.1) is 0 Å². The second-order valence-electron chi connectivity index (χ2n) is 6.41. The zero-order chi connectivity index (χ0) is 18.2. The van der Waals surface area contributed by atoms with Gasteiger partial charge in [-0.2, -0.15) is 0 Å². The van der Waals surface area contributed by atoms with Gasteiger partial charge in [0.15, 0.2) is 0 Å². The molecule has 2 rings (SSSR count). The lowest BCUT2D eigenvalue weighted by Gasteiger charge is -2.36. The molecule has 1 aliphatic rings. The van der Waals surface area contributed by atoms with Gasteiger partial charge in [0.1, 0.15) is 6.42 Å². The first-order chi connectivity index (χ1) is 12.0. The number of nitrogens with zero attached hydrogens (tertiary/aromatic N) is 3.